The van der Waals surface area contributed by atoms with E-state index in [1.165, 1.54) is 12.5 Å². The summed E-state index contributed by atoms with van der Waals surface area (Å²) in [7, 11) is -4.23. The smallest absolute Gasteiger partial charge is 0.333 e. The molecule has 5 atom stereocenters. The number of halogens is 2. The minimum Gasteiger partial charge on any atom is -0.390 e. The lowest BCUT2D eigenvalue weighted by Crippen LogP contribution is -2.33. The van der Waals surface area contributed by atoms with Crippen LogP contribution < -0.4 is 10.5 Å². The second-order valence-electron chi connectivity index (χ2n) is 8.65. The number of rotatable bonds is 9. The lowest BCUT2D eigenvalue weighted by molar-refractivity contribution is 0.0501. The van der Waals surface area contributed by atoms with Crippen LogP contribution in [0.5, 0.6) is 0 Å². The highest BCUT2D eigenvalue weighted by Gasteiger charge is 2.44. The first-order valence-electron chi connectivity index (χ1n) is 11.1. The SMILES string of the molecule is CC(c1cccc(Br)c1)n1ccc(C(=O)c2cncnc2N[C@@H]2C[C@H](COS(N)(=O)=O)[C@@H](O)[C@@H]2F)c1. The topological polar surface area (TPSA) is 149 Å². The van der Waals surface area contributed by atoms with E-state index >= 15 is 0 Å². The standard InChI is InChI=1S/C23H25BrFN5O5S/c1-13(14-3-2-4-17(24)7-14)30-6-5-15(10-30)21(31)18-9-27-12-28-23(18)29-19-8-16(22(32)20(19)25)11-35-36(26,33)34/h2-7,9-10,12-13,16,19-20,22,32H,8,11H2,1H3,(H2,26,33,34)(H,27,28,29)/t13?,16-,19-,20-,22-/m1/s1. The van der Waals surface area contributed by atoms with Gasteiger partial charge in [-0.05, 0) is 37.1 Å². The zero-order valence-electron chi connectivity index (χ0n) is 19.2. The first-order valence-corrected chi connectivity index (χ1v) is 13.3. The van der Waals surface area contributed by atoms with Crippen molar-refractivity contribution in [2.75, 3.05) is 11.9 Å². The molecule has 1 unspecified atom stereocenters. The van der Waals surface area contributed by atoms with Crippen molar-refractivity contribution in [2.45, 2.75) is 37.7 Å². The number of carbonyl (C=O) groups excluding carboxylic acids is 1. The van der Waals surface area contributed by atoms with E-state index < -0.39 is 41.1 Å². The monoisotopic (exact) mass is 581 g/mol. The van der Waals surface area contributed by atoms with Gasteiger partial charge in [0.1, 0.15) is 18.3 Å². The molecule has 2 heterocycles. The highest BCUT2D eigenvalue weighted by Crippen LogP contribution is 2.32. The number of aliphatic hydroxyl groups excluding tert-OH is 1. The molecule has 0 spiro atoms. The van der Waals surface area contributed by atoms with Crippen molar-refractivity contribution in [1.82, 2.24) is 14.5 Å². The molecule has 192 valence electrons. The normalized spacial score (nSPS) is 22.9. The minimum absolute atomic E-state index is 0.0302. The molecule has 1 aromatic carbocycles. The van der Waals surface area contributed by atoms with Gasteiger partial charge in [0.2, 0.25) is 0 Å². The molecule has 13 heteroatoms. The van der Waals surface area contributed by atoms with Crippen LogP contribution >= 0.6 is 15.9 Å². The molecule has 0 saturated heterocycles. The average Bonchev–Trinajstić information content (AvgIpc) is 3.43. The van der Waals surface area contributed by atoms with Crippen LogP contribution in [-0.2, 0) is 14.5 Å². The second kappa shape index (κ2) is 10.7. The molecule has 2 aromatic heterocycles. The van der Waals surface area contributed by atoms with Crippen molar-refractivity contribution in [3.8, 4) is 0 Å². The molecule has 4 N–H and O–H groups in total. The number of aromatic nitrogens is 3. The van der Waals surface area contributed by atoms with Gasteiger partial charge in [-0.2, -0.15) is 8.42 Å². The van der Waals surface area contributed by atoms with Crippen LogP contribution in [0.1, 0.15) is 40.9 Å². The Hall–Kier alpha value is -2.71. The third-order valence-corrected chi connectivity index (χ3v) is 7.19. The van der Waals surface area contributed by atoms with Gasteiger partial charge in [0.25, 0.3) is 0 Å². The Labute approximate surface area is 216 Å². The fourth-order valence-electron chi connectivity index (χ4n) is 4.25. The zero-order chi connectivity index (χ0) is 26.0. The number of nitrogens with two attached hydrogens (primary N) is 1. The van der Waals surface area contributed by atoms with Crippen molar-refractivity contribution in [2.24, 2.45) is 11.1 Å². The van der Waals surface area contributed by atoms with Gasteiger partial charge in [-0.1, -0.05) is 28.1 Å². The Morgan fingerprint density at radius 3 is 2.92 bits per heavy atom. The van der Waals surface area contributed by atoms with Crippen molar-refractivity contribution in [3.05, 3.63) is 76.4 Å². The molecule has 0 aliphatic heterocycles. The summed E-state index contributed by atoms with van der Waals surface area (Å²) in [4.78, 5) is 21.4. The maximum absolute atomic E-state index is 14.8. The highest BCUT2D eigenvalue weighted by atomic mass is 79.9. The average molecular weight is 582 g/mol. The number of aliphatic hydroxyl groups is 1. The van der Waals surface area contributed by atoms with Gasteiger partial charge < -0.3 is 15.0 Å². The molecule has 0 bridgehead atoms. The van der Waals surface area contributed by atoms with Crippen LogP contribution in [0.3, 0.4) is 0 Å². The van der Waals surface area contributed by atoms with Gasteiger partial charge >= 0.3 is 10.3 Å². The first-order chi connectivity index (χ1) is 17.0. The summed E-state index contributed by atoms with van der Waals surface area (Å²) < 4.78 is 44.3. The molecular formula is C23H25BrFN5O5S. The van der Waals surface area contributed by atoms with Gasteiger partial charge in [-0.3, -0.25) is 8.98 Å². The van der Waals surface area contributed by atoms with Crippen LogP contribution in [0.15, 0.2) is 59.7 Å². The summed E-state index contributed by atoms with van der Waals surface area (Å²) in [6.45, 7) is 1.55. The molecule has 0 amide bonds. The van der Waals surface area contributed by atoms with E-state index in [1.54, 1.807) is 18.5 Å². The number of anilines is 1. The summed E-state index contributed by atoms with van der Waals surface area (Å²) >= 11 is 3.47. The molecule has 1 aliphatic carbocycles. The number of hydrogen-bond donors (Lipinski definition) is 3. The number of nitrogens with zero attached hydrogens (tertiary/aromatic N) is 3. The molecule has 4 rings (SSSR count). The van der Waals surface area contributed by atoms with E-state index in [-0.39, 0.29) is 29.6 Å². The van der Waals surface area contributed by atoms with E-state index in [0.717, 1.165) is 10.0 Å². The Bertz CT molecular complexity index is 1350. The quantitative estimate of drug-likeness (QED) is 0.326. The zero-order valence-corrected chi connectivity index (χ0v) is 21.6. The van der Waals surface area contributed by atoms with Crippen molar-refractivity contribution in [3.63, 3.8) is 0 Å². The van der Waals surface area contributed by atoms with E-state index in [9.17, 15) is 22.7 Å². The predicted molar refractivity (Wildman–Crippen MR) is 133 cm³/mol. The Balaban J connectivity index is 1.50. The Morgan fingerprint density at radius 2 is 2.19 bits per heavy atom. The minimum atomic E-state index is -4.23. The molecule has 1 saturated carbocycles. The highest BCUT2D eigenvalue weighted by molar-refractivity contribution is 9.10. The van der Waals surface area contributed by atoms with Crippen LogP contribution in [0, 0.1) is 5.92 Å². The molecule has 1 aliphatic rings. The molecule has 1 fully saturated rings. The van der Waals surface area contributed by atoms with Crippen molar-refractivity contribution >= 4 is 37.8 Å². The molecule has 0 radical (unpaired) electrons. The van der Waals surface area contributed by atoms with Crippen LogP contribution in [0.4, 0.5) is 10.2 Å². The van der Waals surface area contributed by atoms with Gasteiger partial charge in [0, 0.05) is 34.5 Å². The number of benzene rings is 1. The molecule has 3 aromatic rings. The van der Waals surface area contributed by atoms with Gasteiger partial charge in [-0.25, -0.2) is 19.5 Å². The maximum Gasteiger partial charge on any atom is 0.333 e. The van der Waals surface area contributed by atoms with E-state index in [1.807, 2.05) is 35.8 Å². The summed E-state index contributed by atoms with van der Waals surface area (Å²) in [5, 5.41) is 17.9. The molecule has 36 heavy (non-hydrogen) atoms. The lowest BCUT2D eigenvalue weighted by atomic mass is 10.1. The third kappa shape index (κ3) is 5.98. The number of hydrogen-bond acceptors (Lipinski definition) is 8. The summed E-state index contributed by atoms with van der Waals surface area (Å²) in [6.07, 6.45) is 2.91. The van der Waals surface area contributed by atoms with Crippen LogP contribution in [-0.4, -0.2) is 58.8 Å². The fraction of sp³-hybridized carbons (Fsp3) is 0.348. The van der Waals surface area contributed by atoms with E-state index in [0.29, 0.717) is 5.56 Å². The number of alkyl halides is 1. The van der Waals surface area contributed by atoms with Crippen molar-refractivity contribution < 1.29 is 26.9 Å². The number of ketones is 1. The predicted octanol–water partition coefficient (Wildman–Crippen LogP) is 2.60. The summed E-state index contributed by atoms with van der Waals surface area (Å²) in [5.74, 6) is -1.07. The van der Waals surface area contributed by atoms with E-state index in [4.69, 9.17) is 5.14 Å². The summed E-state index contributed by atoms with van der Waals surface area (Å²) in [5.41, 5.74) is 1.59. The Kier molecular flexibility index (Phi) is 7.85. The van der Waals surface area contributed by atoms with Gasteiger partial charge in [0.05, 0.1) is 30.4 Å². The van der Waals surface area contributed by atoms with Crippen LogP contribution in [0.2, 0.25) is 0 Å². The van der Waals surface area contributed by atoms with E-state index in [2.05, 4.69) is 35.4 Å². The van der Waals surface area contributed by atoms with Gasteiger partial charge in [-0.15, -0.1) is 0 Å². The number of carbonyl (C=O) groups is 1. The molecular weight excluding hydrogens is 557 g/mol. The van der Waals surface area contributed by atoms with Gasteiger partial charge in [0.15, 0.2) is 5.78 Å². The summed E-state index contributed by atoms with van der Waals surface area (Å²) in [6, 6.07) is 8.60. The third-order valence-electron chi connectivity index (χ3n) is 6.23. The number of nitrogens with one attached hydrogen (secondary N) is 1. The lowest BCUT2D eigenvalue weighted by Gasteiger charge is -2.18. The second-order valence-corrected chi connectivity index (χ2v) is 10.8. The largest absolute Gasteiger partial charge is 0.390 e. The fourth-order valence-corrected chi connectivity index (χ4v) is 5.03. The molecule has 10 nitrogen and oxygen atoms in total. The van der Waals surface area contributed by atoms with Crippen molar-refractivity contribution in [1.29, 1.82) is 0 Å². The Morgan fingerprint density at radius 1 is 1.42 bits per heavy atom. The van der Waals surface area contributed by atoms with Crippen LogP contribution in [0.25, 0.3) is 0 Å². The maximum atomic E-state index is 14.8. The first kappa shape index (κ1) is 26.4.